The first-order chi connectivity index (χ1) is 6.40. The lowest BCUT2D eigenvalue weighted by Crippen LogP contribution is -2.15. The third-order valence-electron chi connectivity index (χ3n) is 2.09. The molecule has 2 rings (SSSR count). The number of hydrogen-bond acceptors (Lipinski definition) is 2. The normalized spacial score (nSPS) is 17.9. The molecule has 0 unspecified atom stereocenters. The van der Waals surface area contributed by atoms with Gasteiger partial charge >= 0.3 is 0 Å². The summed E-state index contributed by atoms with van der Waals surface area (Å²) < 4.78 is 10.8. The molecule has 0 saturated heterocycles. The van der Waals surface area contributed by atoms with E-state index in [0.29, 0.717) is 19.1 Å². The second-order valence-corrected chi connectivity index (χ2v) is 3.28. The van der Waals surface area contributed by atoms with Crippen molar-refractivity contribution in [2.75, 3.05) is 5.88 Å². The van der Waals surface area contributed by atoms with Gasteiger partial charge in [0, 0.05) is 0 Å². The van der Waals surface area contributed by atoms with E-state index >= 15 is 0 Å². The Morgan fingerprint density at radius 3 is 2.15 bits per heavy atom. The minimum atomic E-state index is -0.269. The van der Waals surface area contributed by atoms with Gasteiger partial charge in [-0.3, -0.25) is 0 Å². The Balaban J connectivity index is 2.17. The van der Waals surface area contributed by atoms with E-state index in [1.54, 1.807) is 0 Å². The summed E-state index contributed by atoms with van der Waals surface area (Å²) in [7, 11) is 0. The summed E-state index contributed by atoms with van der Waals surface area (Å²) in [4.78, 5) is 0. The first kappa shape index (κ1) is 9.00. The van der Waals surface area contributed by atoms with Crippen molar-refractivity contribution >= 4 is 11.6 Å². The molecule has 0 radical (unpaired) electrons. The Bertz CT molecular complexity index is 261. The average molecular weight is 199 g/mol. The summed E-state index contributed by atoms with van der Waals surface area (Å²) in [6, 6.07) is 8.11. The van der Waals surface area contributed by atoms with Crippen LogP contribution in [-0.2, 0) is 22.7 Å². The van der Waals surface area contributed by atoms with Gasteiger partial charge in [-0.2, -0.15) is 0 Å². The second kappa shape index (κ2) is 4.09. The molecule has 1 aromatic rings. The predicted octanol–water partition coefficient (Wildman–Crippen LogP) is 2.30. The van der Waals surface area contributed by atoms with Crippen LogP contribution in [0.4, 0.5) is 0 Å². The van der Waals surface area contributed by atoms with E-state index in [1.807, 2.05) is 12.1 Å². The van der Waals surface area contributed by atoms with Crippen LogP contribution in [0.15, 0.2) is 24.3 Å². The van der Waals surface area contributed by atoms with Gasteiger partial charge in [-0.05, 0) is 11.1 Å². The quantitative estimate of drug-likeness (QED) is 0.645. The van der Waals surface area contributed by atoms with Crippen molar-refractivity contribution in [2.24, 2.45) is 0 Å². The molecule has 1 aromatic carbocycles. The molecule has 0 aromatic heterocycles. The lowest BCUT2D eigenvalue weighted by atomic mass is 10.1. The molecule has 0 spiro atoms. The second-order valence-electron chi connectivity index (χ2n) is 2.97. The number of alkyl halides is 1. The molecule has 2 nitrogen and oxygen atoms in total. The maximum absolute atomic E-state index is 5.65. The van der Waals surface area contributed by atoms with Crippen LogP contribution in [0.5, 0.6) is 0 Å². The summed E-state index contributed by atoms with van der Waals surface area (Å²) in [6.07, 6.45) is -0.269. The van der Waals surface area contributed by atoms with Crippen molar-refractivity contribution in [3.05, 3.63) is 35.4 Å². The van der Waals surface area contributed by atoms with Gasteiger partial charge < -0.3 is 9.47 Å². The molecule has 0 aliphatic carbocycles. The zero-order chi connectivity index (χ0) is 9.10. The maximum Gasteiger partial charge on any atom is 0.171 e. The number of halogens is 1. The monoisotopic (exact) mass is 198 g/mol. The van der Waals surface area contributed by atoms with Gasteiger partial charge in [0.2, 0.25) is 0 Å². The van der Waals surface area contributed by atoms with E-state index in [2.05, 4.69) is 12.1 Å². The van der Waals surface area contributed by atoms with Gasteiger partial charge in [0.15, 0.2) is 6.29 Å². The first-order valence-electron chi connectivity index (χ1n) is 4.26. The molecular weight excluding hydrogens is 188 g/mol. The van der Waals surface area contributed by atoms with Gasteiger partial charge in [0.05, 0.1) is 19.1 Å². The molecule has 0 fully saturated rings. The van der Waals surface area contributed by atoms with E-state index in [0.717, 1.165) is 0 Å². The molecule has 0 bridgehead atoms. The van der Waals surface area contributed by atoms with E-state index in [4.69, 9.17) is 21.1 Å². The summed E-state index contributed by atoms with van der Waals surface area (Å²) in [5.74, 6) is 0.383. The molecule has 0 saturated carbocycles. The Kier molecular flexibility index (Phi) is 2.83. The summed E-state index contributed by atoms with van der Waals surface area (Å²) >= 11 is 5.65. The van der Waals surface area contributed by atoms with Gasteiger partial charge in [-0.15, -0.1) is 11.6 Å². The average Bonchev–Trinajstić information content (AvgIpc) is 2.39. The van der Waals surface area contributed by atoms with Crippen LogP contribution in [0.2, 0.25) is 0 Å². The standard InChI is InChI=1S/C10H11ClO2/c11-5-10-12-6-8-3-1-2-4-9(8)7-13-10/h1-4,10H,5-7H2. The van der Waals surface area contributed by atoms with Crippen molar-refractivity contribution < 1.29 is 9.47 Å². The van der Waals surface area contributed by atoms with Crippen molar-refractivity contribution in [3.63, 3.8) is 0 Å². The van der Waals surface area contributed by atoms with Crippen LogP contribution in [0.25, 0.3) is 0 Å². The van der Waals surface area contributed by atoms with Gasteiger partial charge in [0.25, 0.3) is 0 Å². The smallest absolute Gasteiger partial charge is 0.171 e. The molecule has 13 heavy (non-hydrogen) atoms. The highest BCUT2D eigenvalue weighted by Gasteiger charge is 2.14. The van der Waals surface area contributed by atoms with Crippen LogP contribution >= 0.6 is 11.6 Å². The molecule has 70 valence electrons. The summed E-state index contributed by atoms with van der Waals surface area (Å²) in [5, 5.41) is 0. The van der Waals surface area contributed by atoms with Crippen LogP contribution in [-0.4, -0.2) is 12.2 Å². The molecule has 1 aliphatic heterocycles. The largest absolute Gasteiger partial charge is 0.347 e. The maximum atomic E-state index is 5.65. The predicted molar refractivity (Wildman–Crippen MR) is 50.5 cm³/mol. The van der Waals surface area contributed by atoms with E-state index in [-0.39, 0.29) is 6.29 Å². The van der Waals surface area contributed by atoms with Crippen molar-refractivity contribution in [1.82, 2.24) is 0 Å². The van der Waals surface area contributed by atoms with Crippen LogP contribution in [0.3, 0.4) is 0 Å². The van der Waals surface area contributed by atoms with E-state index < -0.39 is 0 Å². The number of ether oxygens (including phenoxy) is 2. The lowest BCUT2D eigenvalue weighted by Gasteiger charge is -2.10. The Morgan fingerprint density at radius 2 is 1.69 bits per heavy atom. The fourth-order valence-corrected chi connectivity index (χ4v) is 1.52. The van der Waals surface area contributed by atoms with Crippen molar-refractivity contribution in [3.8, 4) is 0 Å². The van der Waals surface area contributed by atoms with Crippen molar-refractivity contribution in [2.45, 2.75) is 19.5 Å². The molecule has 1 aliphatic rings. The van der Waals surface area contributed by atoms with E-state index in [1.165, 1.54) is 11.1 Å². The minimum absolute atomic E-state index is 0.269. The zero-order valence-electron chi connectivity index (χ0n) is 7.20. The van der Waals surface area contributed by atoms with Crippen molar-refractivity contribution in [1.29, 1.82) is 0 Å². The Labute approximate surface area is 82.4 Å². The highest BCUT2D eigenvalue weighted by atomic mass is 35.5. The molecule has 0 amide bonds. The van der Waals surface area contributed by atoms with Crippen LogP contribution in [0, 0.1) is 0 Å². The van der Waals surface area contributed by atoms with Crippen LogP contribution in [0.1, 0.15) is 11.1 Å². The highest BCUT2D eigenvalue weighted by Crippen LogP contribution is 2.18. The fourth-order valence-electron chi connectivity index (χ4n) is 1.34. The number of benzene rings is 1. The molecule has 0 N–H and O–H groups in total. The fraction of sp³-hybridized carbons (Fsp3) is 0.400. The third kappa shape index (κ3) is 2.02. The molecule has 0 atom stereocenters. The van der Waals surface area contributed by atoms with Crippen LogP contribution < -0.4 is 0 Å². The third-order valence-corrected chi connectivity index (χ3v) is 2.35. The summed E-state index contributed by atoms with van der Waals surface area (Å²) in [6.45, 7) is 1.18. The highest BCUT2D eigenvalue weighted by molar-refractivity contribution is 6.18. The first-order valence-corrected chi connectivity index (χ1v) is 4.79. The zero-order valence-corrected chi connectivity index (χ0v) is 7.96. The number of rotatable bonds is 1. The Hall–Kier alpha value is -0.570. The molecule has 1 heterocycles. The topological polar surface area (TPSA) is 18.5 Å². The summed E-state index contributed by atoms with van der Waals surface area (Å²) in [5.41, 5.74) is 2.38. The minimum Gasteiger partial charge on any atom is -0.347 e. The van der Waals surface area contributed by atoms with Gasteiger partial charge in [-0.1, -0.05) is 24.3 Å². The van der Waals surface area contributed by atoms with E-state index in [9.17, 15) is 0 Å². The SMILES string of the molecule is ClCC1OCc2ccccc2CO1. The lowest BCUT2D eigenvalue weighted by molar-refractivity contribution is -0.134. The van der Waals surface area contributed by atoms with Gasteiger partial charge in [-0.25, -0.2) is 0 Å². The molecular formula is C10H11ClO2. The number of hydrogen-bond donors (Lipinski definition) is 0. The van der Waals surface area contributed by atoms with Gasteiger partial charge in [0.1, 0.15) is 0 Å². The number of fused-ring (bicyclic) bond motifs is 1. The molecule has 3 heteroatoms. The Morgan fingerprint density at radius 1 is 1.15 bits per heavy atom.